The van der Waals surface area contributed by atoms with Crippen LogP contribution in [0.4, 0.5) is 34.9 Å². The van der Waals surface area contributed by atoms with E-state index in [-0.39, 0.29) is 30.7 Å². The number of H-pyrrole nitrogens is 2. The molecule has 0 aliphatic heterocycles. The molecule has 0 spiro atoms. The predicted octanol–water partition coefficient (Wildman–Crippen LogP) is 3.75. The van der Waals surface area contributed by atoms with Crippen LogP contribution in [-0.4, -0.2) is 92.9 Å². The van der Waals surface area contributed by atoms with Gasteiger partial charge in [-0.15, -0.1) is 0 Å². The van der Waals surface area contributed by atoms with Crippen LogP contribution in [-0.2, 0) is 19.1 Å². The highest BCUT2D eigenvalue weighted by Crippen LogP contribution is 2.21. The number of hydrogen-bond donors (Lipinski definition) is 6. The van der Waals surface area contributed by atoms with E-state index >= 15 is 0 Å². The first-order valence-electron chi connectivity index (χ1n) is 15.7. The summed E-state index contributed by atoms with van der Waals surface area (Å²) in [6.45, 7) is 12.8. The number of anilines is 5. The molecule has 1 atom stereocenters. The molecule has 0 saturated carbocycles. The van der Waals surface area contributed by atoms with Gasteiger partial charge in [0, 0.05) is 24.0 Å². The number of carbonyl (C=O) groups is 3. The second kappa shape index (κ2) is 17.8. The van der Waals surface area contributed by atoms with Crippen molar-refractivity contribution < 1.29 is 19.1 Å². The zero-order chi connectivity index (χ0) is 35.2. The molecule has 258 valence electrons. The Labute approximate surface area is 282 Å². The van der Waals surface area contributed by atoms with Crippen LogP contribution in [0.1, 0.15) is 27.2 Å². The number of hydrogen-bond acceptors (Lipinski definition) is 14. The number of ether oxygens (including phenoxy) is 1. The smallest absolute Gasteiger partial charge is 0.330 e. The number of carbonyl (C=O) groups excluding carboxylic acids is 3. The molecule has 1 unspecified atom stereocenters. The predicted molar refractivity (Wildman–Crippen MR) is 187 cm³/mol. The van der Waals surface area contributed by atoms with Crippen molar-refractivity contribution in [3.8, 4) is 0 Å². The number of nitrogens with one attached hydrogen (secondary N) is 6. The van der Waals surface area contributed by atoms with E-state index in [0.29, 0.717) is 40.6 Å². The number of benzene rings is 2. The quantitative estimate of drug-likeness (QED) is 0.0275. The van der Waals surface area contributed by atoms with Crippen molar-refractivity contribution in [2.45, 2.75) is 33.2 Å². The third kappa shape index (κ3) is 11.1. The Bertz CT molecular complexity index is 1830. The largest absolute Gasteiger partial charge is 0.461 e. The van der Waals surface area contributed by atoms with Gasteiger partial charge in [-0.1, -0.05) is 20.4 Å². The first-order valence-corrected chi connectivity index (χ1v) is 15.7. The average Bonchev–Trinajstić information content (AvgIpc) is 3.46. The highest BCUT2D eigenvalue weighted by molar-refractivity contribution is 6.10. The molecule has 4 rings (SSSR count). The van der Waals surface area contributed by atoms with Crippen LogP contribution < -0.4 is 27.0 Å². The molecule has 0 radical (unpaired) electrons. The summed E-state index contributed by atoms with van der Waals surface area (Å²) in [7, 11) is 0. The molecule has 0 bridgehead atoms. The molecule has 0 aliphatic carbocycles. The number of nitrogens with zero attached hydrogens (tertiary/aromatic N) is 6. The molecule has 0 fully saturated rings. The monoisotopic (exact) mass is 672 g/mol. The number of rotatable bonds is 19. The first kappa shape index (κ1) is 35.9. The van der Waals surface area contributed by atoms with Gasteiger partial charge in [-0.25, -0.2) is 9.59 Å². The Morgan fingerprint density at radius 2 is 1.59 bits per heavy atom. The van der Waals surface area contributed by atoms with E-state index in [4.69, 9.17) is 4.74 Å². The van der Waals surface area contributed by atoms with Gasteiger partial charge in [0.05, 0.1) is 23.3 Å². The number of aromatic amines is 2. The van der Waals surface area contributed by atoms with Gasteiger partial charge in [0.1, 0.15) is 6.61 Å². The van der Waals surface area contributed by atoms with Gasteiger partial charge in [-0.05, 0) is 75.4 Å². The van der Waals surface area contributed by atoms with Crippen LogP contribution in [0.25, 0.3) is 11.0 Å². The lowest BCUT2D eigenvalue weighted by Gasteiger charge is -2.17. The molecule has 4 aromatic rings. The molecule has 0 aliphatic rings. The maximum absolute atomic E-state index is 12.9. The van der Waals surface area contributed by atoms with Crippen LogP contribution >= 0.6 is 0 Å². The number of Topliss-reactive ketones (excluding diaryl/α,β-unsaturated/α-hetero) is 1. The summed E-state index contributed by atoms with van der Waals surface area (Å²) in [4.78, 5) is 68.9. The molecule has 49 heavy (non-hydrogen) atoms. The molecule has 17 nitrogen and oxygen atoms in total. The van der Waals surface area contributed by atoms with Gasteiger partial charge in [-0.2, -0.15) is 25.2 Å². The minimum Gasteiger partial charge on any atom is -0.461 e. The third-order valence-corrected chi connectivity index (χ3v) is 7.09. The number of fused-ring (bicyclic) bond motifs is 1. The Morgan fingerprint density at radius 1 is 0.939 bits per heavy atom. The first-order chi connectivity index (χ1) is 23.7. The average molecular weight is 673 g/mol. The molecular formula is C32H40N12O5. The van der Waals surface area contributed by atoms with Crippen molar-refractivity contribution >= 4 is 63.6 Å². The van der Waals surface area contributed by atoms with E-state index in [1.807, 2.05) is 0 Å². The minimum atomic E-state index is -1.38. The Balaban J connectivity index is 1.40. The summed E-state index contributed by atoms with van der Waals surface area (Å²) in [5, 5.41) is 20.1. The second-order valence-corrected chi connectivity index (χ2v) is 10.6. The van der Waals surface area contributed by atoms with Gasteiger partial charge in [-0.3, -0.25) is 9.59 Å². The topological polar surface area (TPSA) is 224 Å². The molecule has 2 aromatic carbocycles. The zero-order valence-electron chi connectivity index (χ0n) is 27.6. The number of azo groups is 1. The van der Waals surface area contributed by atoms with E-state index in [1.165, 1.54) is 6.92 Å². The number of aromatic nitrogens is 5. The van der Waals surface area contributed by atoms with Crippen molar-refractivity contribution in [2.75, 3.05) is 60.6 Å². The van der Waals surface area contributed by atoms with Crippen molar-refractivity contribution in [3.05, 3.63) is 65.6 Å². The fourth-order valence-electron chi connectivity index (χ4n) is 4.51. The van der Waals surface area contributed by atoms with Gasteiger partial charge in [0.2, 0.25) is 23.9 Å². The number of imidazole rings is 1. The lowest BCUT2D eigenvalue weighted by molar-refractivity contribution is -0.137. The van der Waals surface area contributed by atoms with Gasteiger partial charge < -0.3 is 40.9 Å². The van der Waals surface area contributed by atoms with E-state index in [9.17, 15) is 19.2 Å². The maximum atomic E-state index is 12.9. The standard InChI is InChI=1S/C32H40N12O5/c1-5-26(46)49-18-16-34-30-39-29(33-15-8-17-44(6-2)7-3)40-31(41-30)36-21-9-11-22(12-10-21)42-43-27(20(4)45)28(47)35-23-13-14-24-25(19-23)38-32(48)37-24/h5,9-14,19,27H,1,6-8,15-18H2,2-4H3,(H,35,47)(H2,37,38,48)(H3,33,34,36,39,40,41). The van der Waals surface area contributed by atoms with Crippen LogP contribution in [0.15, 0.2) is 70.1 Å². The van der Waals surface area contributed by atoms with Crippen LogP contribution in [0.3, 0.4) is 0 Å². The molecule has 2 heterocycles. The Morgan fingerprint density at radius 3 is 2.27 bits per heavy atom. The number of esters is 1. The molecule has 1 amide bonds. The molecule has 6 N–H and O–H groups in total. The SMILES string of the molecule is C=CC(=O)OCCNc1nc(NCCCN(CC)CC)nc(Nc2ccc(N=NC(C(C)=O)C(=O)Nc3ccc4[nH]c(=O)[nH]c4c3)cc2)n1. The maximum Gasteiger partial charge on any atom is 0.330 e. The summed E-state index contributed by atoms with van der Waals surface area (Å²) < 4.78 is 5.01. The lowest BCUT2D eigenvalue weighted by atomic mass is 10.2. The van der Waals surface area contributed by atoms with Gasteiger partial charge in [0.25, 0.3) is 5.91 Å². The van der Waals surface area contributed by atoms with Crippen molar-refractivity contribution in [1.82, 2.24) is 29.8 Å². The summed E-state index contributed by atoms with van der Waals surface area (Å²) in [6.07, 6.45) is 1.98. The Kier molecular flexibility index (Phi) is 13.0. The van der Waals surface area contributed by atoms with Crippen LogP contribution in [0, 0.1) is 0 Å². The van der Waals surface area contributed by atoms with Crippen LogP contribution in [0.5, 0.6) is 0 Å². The van der Waals surface area contributed by atoms with E-state index < -0.39 is 23.7 Å². The number of amides is 1. The fourth-order valence-corrected chi connectivity index (χ4v) is 4.51. The minimum absolute atomic E-state index is 0.0967. The van der Waals surface area contributed by atoms with Gasteiger partial charge >= 0.3 is 11.7 Å². The summed E-state index contributed by atoms with van der Waals surface area (Å²) >= 11 is 0. The van der Waals surface area contributed by atoms with Crippen molar-refractivity contribution in [1.29, 1.82) is 0 Å². The lowest BCUT2D eigenvalue weighted by Crippen LogP contribution is -2.31. The molecule has 2 aromatic heterocycles. The van der Waals surface area contributed by atoms with E-state index in [0.717, 1.165) is 32.1 Å². The second-order valence-electron chi connectivity index (χ2n) is 10.6. The summed E-state index contributed by atoms with van der Waals surface area (Å²) in [5.41, 5.74) is 2.13. The highest BCUT2D eigenvalue weighted by Gasteiger charge is 2.23. The summed E-state index contributed by atoms with van der Waals surface area (Å²) in [5.74, 6) is -0.782. The number of ketones is 1. The normalized spacial score (nSPS) is 11.8. The van der Waals surface area contributed by atoms with Crippen molar-refractivity contribution in [2.24, 2.45) is 10.2 Å². The molecule has 0 saturated heterocycles. The van der Waals surface area contributed by atoms with Crippen molar-refractivity contribution in [3.63, 3.8) is 0 Å². The Hall–Kier alpha value is -5.97. The third-order valence-electron chi connectivity index (χ3n) is 7.09. The molecular weight excluding hydrogens is 632 g/mol. The van der Waals surface area contributed by atoms with Crippen LogP contribution in [0.2, 0.25) is 0 Å². The fraction of sp³-hybridized carbons (Fsp3) is 0.344. The van der Waals surface area contributed by atoms with E-state index in [1.54, 1.807) is 42.5 Å². The van der Waals surface area contributed by atoms with E-state index in [2.05, 4.69) is 81.7 Å². The molecule has 17 heteroatoms. The zero-order valence-corrected chi connectivity index (χ0v) is 27.6. The van der Waals surface area contributed by atoms with Gasteiger partial charge in [0.15, 0.2) is 5.78 Å². The highest BCUT2D eigenvalue weighted by atomic mass is 16.5. The summed E-state index contributed by atoms with van der Waals surface area (Å²) in [6, 6.07) is 10.2.